The van der Waals surface area contributed by atoms with Crippen LogP contribution < -0.4 is 10.5 Å². The van der Waals surface area contributed by atoms with E-state index in [0.717, 1.165) is 22.2 Å². The molecule has 2 N–H and O–H groups in total. The molecule has 2 atom stereocenters. The second-order valence-electron chi connectivity index (χ2n) is 4.77. The summed E-state index contributed by atoms with van der Waals surface area (Å²) in [6.07, 6.45) is 0.817. The van der Waals surface area contributed by atoms with E-state index in [0.29, 0.717) is 5.92 Å². The summed E-state index contributed by atoms with van der Waals surface area (Å²) in [6, 6.07) is 5.89. The van der Waals surface area contributed by atoms with Crippen molar-refractivity contribution in [3.05, 3.63) is 28.2 Å². The normalized spacial score (nSPS) is 14.6. The maximum atomic E-state index is 6.24. The lowest BCUT2D eigenvalue weighted by molar-refractivity contribution is 0.0441. The predicted molar refractivity (Wildman–Crippen MR) is 78.0 cm³/mol. The Hall–Kier alpha value is -0.580. The Kier molecular flexibility index (Phi) is 6.12. The lowest BCUT2D eigenvalue weighted by Crippen LogP contribution is -2.41. The van der Waals surface area contributed by atoms with E-state index in [1.807, 2.05) is 18.2 Å². The third kappa shape index (κ3) is 3.97. The van der Waals surface area contributed by atoms with Crippen molar-refractivity contribution in [2.45, 2.75) is 32.4 Å². The molecular formula is C14H22BrNO2. The number of benzene rings is 1. The van der Waals surface area contributed by atoms with Gasteiger partial charge >= 0.3 is 0 Å². The van der Waals surface area contributed by atoms with Crippen LogP contribution in [0, 0.1) is 5.92 Å². The van der Waals surface area contributed by atoms with Crippen LogP contribution in [0.3, 0.4) is 0 Å². The number of methoxy groups -OCH3 is 2. The van der Waals surface area contributed by atoms with E-state index in [4.69, 9.17) is 15.2 Å². The van der Waals surface area contributed by atoms with Gasteiger partial charge in [-0.05, 0) is 36.1 Å². The van der Waals surface area contributed by atoms with Crippen LogP contribution in [0.4, 0.5) is 0 Å². The van der Waals surface area contributed by atoms with Gasteiger partial charge in [0.2, 0.25) is 0 Å². The van der Waals surface area contributed by atoms with Crippen LogP contribution >= 0.6 is 15.9 Å². The van der Waals surface area contributed by atoms with Gasteiger partial charge in [0, 0.05) is 17.6 Å². The molecule has 0 bridgehead atoms. The summed E-state index contributed by atoms with van der Waals surface area (Å²) in [5, 5.41) is 0. The first kappa shape index (κ1) is 15.5. The monoisotopic (exact) mass is 315 g/mol. The zero-order chi connectivity index (χ0) is 13.7. The first-order chi connectivity index (χ1) is 8.49. The molecule has 1 aromatic carbocycles. The maximum Gasteiger partial charge on any atom is 0.119 e. The van der Waals surface area contributed by atoms with Crippen LogP contribution in [-0.2, 0) is 11.2 Å². The highest BCUT2D eigenvalue weighted by molar-refractivity contribution is 9.10. The molecule has 0 saturated carbocycles. The quantitative estimate of drug-likeness (QED) is 0.877. The van der Waals surface area contributed by atoms with E-state index in [-0.39, 0.29) is 12.1 Å². The average molecular weight is 316 g/mol. The highest BCUT2D eigenvalue weighted by Crippen LogP contribution is 2.24. The number of ether oxygens (including phenoxy) is 2. The van der Waals surface area contributed by atoms with Gasteiger partial charge in [-0.1, -0.05) is 29.8 Å². The molecule has 0 radical (unpaired) electrons. The zero-order valence-corrected chi connectivity index (χ0v) is 13.0. The summed E-state index contributed by atoms with van der Waals surface area (Å²) >= 11 is 3.54. The minimum Gasteiger partial charge on any atom is -0.497 e. The van der Waals surface area contributed by atoms with Crippen molar-refractivity contribution in [3.63, 3.8) is 0 Å². The van der Waals surface area contributed by atoms with Crippen LogP contribution in [-0.4, -0.2) is 26.4 Å². The Bertz CT molecular complexity index is 382. The molecule has 0 aromatic heterocycles. The number of hydrogen-bond acceptors (Lipinski definition) is 3. The largest absolute Gasteiger partial charge is 0.497 e. The topological polar surface area (TPSA) is 44.5 Å². The van der Waals surface area contributed by atoms with E-state index < -0.39 is 0 Å². The first-order valence-electron chi connectivity index (χ1n) is 6.10. The summed E-state index contributed by atoms with van der Waals surface area (Å²) in [6.45, 7) is 4.24. The highest BCUT2D eigenvalue weighted by atomic mass is 79.9. The van der Waals surface area contributed by atoms with Crippen molar-refractivity contribution < 1.29 is 9.47 Å². The minimum atomic E-state index is -0.0293. The van der Waals surface area contributed by atoms with Crippen molar-refractivity contribution in [3.8, 4) is 5.75 Å². The van der Waals surface area contributed by atoms with Gasteiger partial charge < -0.3 is 15.2 Å². The van der Waals surface area contributed by atoms with E-state index in [9.17, 15) is 0 Å². The number of nitrogens with two attached hydrogens (primary N) is 1. The van der Waals surface area contributed by atoms with Crippen molar-refractivity contribution >= 4 is 15.9 Å². The number of halogens is 1. The predicted octanol–water partition coefficient (Wildman–Crippen LogP) is 3.00. The lowest BCUT2D eigenvalue weighted by atomic mass is 9.94. The minimum absolute atomic E-state index is 0.0293. The fourth-order valence-electron chi connectivity index (χ4n) is 2.15. The second kappa shape index (κ2) is 7.12. The fraction of sp³-hybridized carbons (Fsp3) is 0.571. The second-order valence-corrected chi connectivity index (χ2v) is 5.62. The third-order valence-electron chi connectivity index (χ3n) is 3.06. The van der Waals surface area contributed by atoms with Gasteiger partial charge in [-0.15, -0.1) is 0 Å². The molecule has 0 aliphatic rings. The summed E-state index contributed by atoms with van der Waals surface area (Å²) in [5.74, 6) is 1.24. The molecule has 0 aliphatic heterocycles. The molecule has 4 heteroatoms. The van der Waals surface area contributed by atoms with Crippen molar-refractivity contribution in [2.75, 3.05) is 14.2 Å². The Morgan fingerprint density at radius 2 is 1.94 bits per heavy atom. The van der Waals surface area contributed by atoms with Gasteiger partial charge in [0.15, 0.2) is 0 Å². The molecular weight excluding hydrogens is 294 g/mol. The van der Waals surface area contributed by atoms with Gasteiger partial charge in [0.05, 0.1) is 13.2 Å². The molecule has 0 aliphatic carbocycles. The Morgan fingerprint density at radius 1 is 1.28 bits per heavy atom. The summed E-state index contributed by atoms with van der Waals surface area (Å²) < 4.78 is 11.8. The van der Waals surface area contributed by atoms with Crippen LogP contribution in [0.1, 0.15) is 19.4 Å². The van der Waals surface area contributed by atoms with Gasteiger partial charge in [-0.25, -0.2) is 0 Å². The Morgan fingerprint density at radius 3 is 2.44 bits per heavy atom. The van der Waals surface area contributed by atoms with E-state index >= 15 is 0 Å². The molecule has 18 heavy (non-hydrogen) atoms. The number of rotatable bonds is 6. The van der Waals surface area contributed by atoms with Gasteiger partial charge in [0.1, 0.15) is 5.75 Å². The highest BCUT2D eigenvalue weighted by Gasteiger charge is 2.22. The lowest BCUT2D eigenvalue weighted by Gasteiger charge is -2.26. The molecule has 2 unspecified atom stereocenters. The van der Waals surface area contributed by atoms with Gasteiger partial charge in [-0.2, -0.15) is 0 Å². The molecule has 0 saturated heterocycles. The third-order valence-corrected chi connectivity index (χ3v) is 3.83. The van der Waals surface area contributed by atoms with Crippen LogP contribution in [0.5, 0.6) is 5.75 Å². The summed E-state index contributed by atoms with van der Waals surface area (Å²) in [7, 11) is 3.38. The average Bonchev–Trinajstić information content (AvgIpc) is 2.32. The van der Waals surface area contributed by atoms with Crippen molar-refractivity contribution in [1.82, 2.24) is 0 Å². The van der Waals surface area contributed by atoms with E-state index in [2.05, 4.69) is 29.8 Å². The van der Waals surface area contributed by atoms with Gasteiger partial charge in [-0.3, -0.25) is 0 Å². The fourth-order valence-corrected chi connectivity index (χ4v) is 2.55. The number of hydrogen-bond donors (Lipinski definition) is 1. The molecule has 1 aromatic rings. The van der Waals surface area contributed by atoms with Crippen LogP contribution in [0.2, 0.25) is 0 Å². The van der Waals surface area contributed by atoms with E-state index in [1.54, 1.807) is 14.2 Å². The smallest absolute Gasteiger partial charge is 0.119 e. The SMILES string of the molecule is COc1ccc(Br)c(CC(N)C(OC)C(C)C)c1. The zero-order valence-electron chi connectivity index (χ0n) is 11.4. The standard InChI is InChI=1S/C14H22BrNO2/c1-9(2)14(18-4)13(16)8-10-7-11(17-3)5-6-12(10)15/h5-7,9,13-14H,8,16H2,1-4H3. The molecule has 102 valence electrons. The molecule has 0 fully saturated rings. The summed E-state index contributed by atoms with van der Waals surface area (Å²) in [4.78, 5) is 0. The van der Waals surface area contributed by atoms with Crippen LogP contribution in [0.25, 0.3) is 0 Å². The molecule has 0 heterocycles. The molecule has 0 spiro atoms. The van der Waals surface area contributed by atoms with Gasteiger partial charge in [0.25, 0.3) is 0 Å². The summed E-state index contributed by atoms with van der Waals surface area (Å²) in [5.41, 5.74) is 7.38. The Balaban J connectivity index is 2.83. The first-order valence-corrected chi connectivity index (χ1v) is 6.89. The van der Waals surface area contributed by atoms with E-state index in [1.165, 1.54) is 0 Å². The maximum absolute atomic E-state index is 6.24. The van der Waals surface area contributed by atoms with Crippen LogP contribution in [0.15, 0.2) is 22.7 Å². The molecule has 1 rings (SSSR count). The Labute approximate surface area is 118 Å². The van der Waals surface area contributed by atoms with Crippen molar-refractivity contribution in [2.24, 2.45) is 11.7 Å². The molecule has 3 nitrogen and oxygen atoms in total. The van der Waals surface area contributed by atoms with Crippen molar-refractivity contribution in [1.29, 1.82) is 0 Å². The molecule has 0 amide bonds.